The Morgan fingerprint density at radius 3 is 2.54 bits per heavy atom. The van der Waals surface area contributed by atoms with Gasteiger partial charge in [-0.1, -0.05) is 43.3 Å². The second kappa shape index (κ2) is 9.03. The van der Waals surface area contributed by atoms with Crippen molar-refractivity contribution in [1.82, 2.24) is 10.6 Å². The molecule has 146 valence electrons. The lowest BCUT2D eigenvalue weighted by atomic mass is 10.1. The lowest BCUT2D eigenvalue weighted by Gasteiger charge is -2.17. The molecule has 0 saturated carbocycles. The van der Waals surface area contributed by atoms with Crippen molar-refractivity contribution in [3.63, 3.8) is 0 Å². The average Bonchev–Trinajstić information content (AvgIpc) is 3.07. The SMILES string of the molecule is CCc1ccccc1NC(=O)CNC(=O)N[C@@H]1CCN(c2ccccc2)C1=O. The molecule has 28 heavy (non-hydrogen) atoms. The van der Waals surface area contributed by atoms with Crippen molar-refractivity contribution < 1.29 is 14.4 Å². The van der Waals surface area contributed by atoms with Crippen molar-refractivity contribution >= 4 is 29.2 Å². The molecule has 1 aliphatic rings. The zero-order valence-electron chi connectivity index (χ0n) is 15.8. The van der Waals surface area contributed by atoms with E-state index in [0.717, 1.165) is 23.4 Å². The van der Waals surface area contributed by atoms with E-state index < -0.39 is 12.1 Å². The van der Waals surface area contributed by atoms with Gasteiger partial charge in [0.15, 0.2) is 0 Å². The zero-order chi connectivity index (χ0) is 19.9. The molecule has 1 saturated heterocycles. The number of rotatable bonds is 6. The molecule has 1 fully saturated rings. The Hall–Kier alpha value is -3.35. The third-order valence-corrected chi connectivity index (χ3v) is 4.66. The number of hydrogen-bond acceptors (Lipinski definition) is 3. The molecule has 0 unspecified atom stereocenters. The fourth-order valence-corrected chi connectivity index (χ4v) is 3.19. The monoisotopic (exact) mass is 380 g/mol. The average molecular weight is 380 g/mol. The van der Waals surface area contributed by atoms with E-state index >= 15 is 0 Å². The van der Waals surface area contributed by atoms with Crippen LogP contribution < -0.4 is 20.9 Å². The van der Waals surface area contributed by atoms with Gasteiger partial charge in [0.1, 0.15) is 6.04 Å². The topological polar surface area (TPSA) is 90.5 Å². The first kappa shape index (κ1) is 19.4. The van der Waals surface area contributed by atoms with Gasteiger partial charge in [0.25, 0.3) is 0 Å². The molecule has 3 rings (SSSR count). The Morgan fingerprint density at radius 1 is 1.07 bits per heavy atom. The van der Waals surface area contributed by atoms with Crippen molar-refractivity contribution in [2.45, 2.75) is 25.8 Å². The molecule has 2 aromatic carbocycles. The second-order valence-corrected chi connectivity index (χ2v) is 6.55. The summed E-state index contributed by atoms with van der Waals surface area (Å²) >= 11 is 0. The summed E-state index contributed by atoms with van der Waals surface area (Å²) in [6.07, 6.45) is 1.32. The van der Waals surface area contributed by atoms with E-state index in [4.69, 9.17) is 0 Å². The summed E-state index contributed by atoms with van der Waals surface area (Å²) in [6, 6.07) is 15.7. The Morgan fingerprint density at radius 2 is 1.79 bits per heavy atom. The smallest absolute Gasteiger partial charge is 0.315 e. The van der Waals surface area contributed by atoms with Gasteiger partial charge in [-0.25, -0.2) is 4.79 Å². The van der Waals surface area contributed by atoms with Crippen LogP contribution in [-0.4, -0.2) is 37.0 Å². The Bertz CT molecular complexity index is 854. The number of amides is 4. The molecule has 0 spiro atoms. The molecule has 0 aliphatic carbocycles. The standard InChI is InChI=1S/C21H24N4O3/c1-2-15-8-6-7-11-17(15)23-19(26)14-22-21(28)24-18-12-13-25(20(18)27)16-9-4-3-5-10-16/h3-11,18H,2,12-14H2,1H3,(H,23,26)(H2,22,24,28)/t18-/m1/s1. The maximum Gasteiger partial charge on any atom is 0.315 e. The van der Waals surface area contributed by atoms with E-state index in [9.17, 15) is 14.4 Å². The minimum Gasteiger partial charge on any atom is -0.329 e. The largest absolute Gasteiger partial charge is 0.329 e. The molecule has 7 nitrogen and oxygen atoms in total. The molecule has 0 aromatic heterocycles. The first-order valence-corrected chi connectivity index (χ1v) is 9.37. The molecule has 1 aliphatic heterocycles. The summed E-state index contributed by atoms with van der Waals surface area (Å²) in [6.45, 7) is 2.38. The van der Waals surface area contributed by atoms with Gasteiger partial charge in [-0.3, -0.25) is 9.59 Å². The number of urea groups is 1. The summed E-state index contributed by atoms with van der Waals surface area (Å²) in [7, 11) is 0. The summed E-state index contributed by atoms with van der Waals surface area (Å²) in [4.78, 5) is 38.3. The predicted molar refractivity (Wildman–Crippen MR) is 108 cm³/mol. The van der Waals surface area contributed by atoms with Crippen LogP contribution in [0.25, 0.3) is 0 Å². The summed E-state index contributed by atoms with van der Waals surface area (Å²) in [5.41, 5.74) is 2.57. The molecule has 4 amide bonds. The minimum absolute atomic E-state index is 0.150. The van der Waals surface area contributed by atoms with Crippen LogP contribution in [0.5, 0.6) is 0 Å². The highest BCUT2D eigenvalue weighted by Gasteiger charge is 2.33. The first-order valence-electron chi connectivity index (χ1n) is 9.37. The summed E-state index contributed by atoms with van der Waals surface area (Å²) in [5, 5.41) is 7.95. The van der Waals surface area contributed by atoms with Gasteiger partial charge >= 0.3 is 6.03 Å². The van der Waals surface area contributed by atoms with Gasteiger partial charge in [0.05, 0.1) is 6.54 Å². The van der Waals surface area contributed by atoms with Crippen LogP contribution in [0, 0.1) is 0 Å². The van der Waals surface area contributed by atoms with Crippen LogP contribution in [0.3, 0.4) is 0 Å². The number of nitrogens with one attached hydrogen (secondary N) is 3. The van der Waals surface area contributed by atoms with Crippen LogP contribution >= 0.6 is 0 Å². The third-order valence-electron chi connectivity index (χ3n) is 4.66. The Balaban J connectivity index is 1.47. The minimum atomic E-state index is -0.593. The van der Waals surface area contributed by atoms with Gasteiger partial charge in [-0.2, -0.15) is 0 Å². The number of anilines is 2. The van der Waals surface area contributed by atoms with E-state index in [0.29, 0.717) is 13.0 Å². The lowest BCUT2D eigenvalue weighted by molar-refractivity contribution is -0.118. The van der Waals surface area contributed by atoms with Crippen molar-refractivity contribution in [2.75, 3.05) is 23.3 Å². The summed E-state index contributed by atoms with van der Waals surface area (Å²) in [5.74, 6) is -0.470. The van der Waals surface area contributed by atoms with E-state index in [1.54, 1.807) is 4.90 Å². The van der Waals surface area contributed by atoms with Gasteiger partial charge < -0.3 is 20.9 Å². The fraction of sp³-hybridized carbons (Fsp3) is 0.286. The van der Waals surface area contributed by atoms with Crippen LogP contribution in [-0.2, 0) is 16.0 Å². The van der Waals surface area contributed by atoms with Crippen LogP contribution in [0.1, 0.15) is 18.9 Å². The number of benzene rings is 2. The summed E-state index contributed by atoms with van der Waals surface area (Å²) < 4.78 is 0. The molecule has 1 heterocycles. The number of hydrogen-bond donors (Lipinski definition) is 3. The molecule has 0 bridgehead atoms. The zero-order valence-corrected chi connectivity index (χ0v) is 15.8. The van der Waals surface area contributed by atoms with Gasteiger partial charge in [0, 0.05) is 17.9 Å². The Labute approximate surface area is 164 Å². The highest BCUT2D eigenvalue weighted by atomic mass is 16.2. The van der Waals surface area contributed by atoms with E-state index in [2.05, 4.69) is 16.0 Å². The van der Waals surface area contributed by atoms with Crippen molar-refractivity contribution in [1.29, 1.82) is 0 Å². The lowest BCUT2D eigenvalue weighted by Crippen LogP contribution is -2.47. The van der Waals surface area contributed by atoms with Gasteiger partial charge in [0.2, 0.25) is 11.8 Å². The molecule has 7 heteroatoms. The highest BCUT2D eigenvalue weighted by Crippen LogP contribution is 2.21. The maximum absolute atomic E-state index is 12.5. The number of nitrogens with zero attached hydrogens (tertiary/aromatic N) is 1. The first-order chi connectivity index (χ1) is 13.6. The maximum atomic E-state index is 12.5. The van der Waals surface area contributed by atoms with Crippen molar-refractivity contribution in [2.24, 2.45) is 0 Å². The molecule has 3 N–H and O–H groups in total. The number of para-hydroxylation sites is 2. The van der Waals surface area contributed by atoms with Crippen molar-refractivity contribution in [3.8, 4) is 0 Å². The molecular formula is C21H24N4O3. The third kappa shape index (κ3) is 4.68. The van der Waals surface area contributed by atoms with Crippen LogP contribution in [0.4, 0.5) is 16.2 Å². The fourth-order valence-electron chi connectivity index (χ4n) is 3.19. The molecule has 1 atom stereocenters. The van der Waals surface area contributed by atoms with Crippen molar-refractivity contribution in [3.05, 3.63) is 60.2 Å². The normalized spacial score (nSPS) is 16.0. The predicted octanol–water partition coefficient (Wildman–Crippen LogP) is 2.29. The van der Waals surface area contributed by atoms with E-state index in [1.165, 1.54) is 0 Å². The van der Waals surface area contributed by atoms with Crippen LogP contribution in [0.2, 0.25) is 0 Å². The molecular weight excluding hydrogens is 356 g/mol. The van der Waals surface area contributed by atoms with E-state index in [1.807, 2.05) is 61.5 Å². The molecule has 0 radical (unpaired) electrons. The van der Waals surface area contributed by atoms with Gasteiger partial charge in [-0.05, 0) is 36.6 Å². The van der Waals surface area contributed by atoms with Crippen LogP contribution in [0.15, 0.2) is 54.6 Å². The number of aryl methyl sites for hydroxylation is 1. The number of carbonyl (C=O) groups excluding carboxylic acids is 3. The number of carbonyl (C=O) groups is 3. The van der Waals surface area contributed by atoms with E-state index in [-0.39, 0.29) is 18.4 Å². The Kier molecular flexibility index (Phi) is 6.26. The highest BCUT2D eigenvalue weighted by molar-refractivity contribution is 6.01. The second-order valence-electron chi connectivity index (χ2n) is 6.55. The molecule has 2 aromatic rings. The quantitative estimate of drug-likeness (QED) is 0.718. The van der Waals surface area contributed by atoms with Gasteiger partial charge in [-0.15, -0.1) is 0 Å².